The number of guanidine groups is 1. The zero-order valence-electron chi connectivity index (χ0n) is 14.6. The number of hydrogen-bond donors (Lipinski definition) is 2. The molecule has 0 amide bonds. The van der Waals surface area contributed by atoms with Gasteiger partial charge in [0.05, 0.1) is 13.7 Å². The van der Waals surface area contributed by atoms with Gasteiger partial charge in [0.15, 0.2) is 17.5 Å². The molecule has 0 spiro atoms. The van der Waals surface area contributed by atoms with E-state index in [-0.39, 0.29) is 29.7 Å². The molecule has 1 aliphatic heterocycles. The fraction of sp³-hybridized carbons (Fsp3) is 0.588. The van der Waals surface area contributed by atoms with Crippen LogP contribution in [0.1, 0.15) is 25.8 Å². The van der Waals surface area contributed by atoms with Crippen LogP contribution in [0.2, 0.25) is 0 Å². The maximum atomic E-state index is 9.87. The summed E-state index contributed by atoms with van der Waals surface area (Å²) in [5.41, 5.74) is 0.970. The van der Waals surface area contributed by atoms with Crippen molar-refractivity contribution < 1.29 is 9.84 Å². The standard InChI is InChI=1S/C17H27N3O2S.HI/c1-4-14-12-20(8-9-23-14)17(18-5-2)19-11-13-6-7-16(22-3)15(21)10-13;/h6-7,10,14,21H,4-5,8-9,11-12H2,1-3H3,(H,18,19);1H. The number of benzene rings is 1. The highest BCUT2D eigenvalue weighted by atomic mass is 127. The van der Waals surface area contributed by atoms with Crippen molar-refractivity contribution in [2.45, 2.75) is 32.1 Å². The number of rotatable bonds is 5. The molecule has 0 saturated carbocycles. The van der Waals surface area contributed by atoms with Crippen LogP contribution in [0.5, 0.6) is 11.5 Å². The minimum absolute atomic E-state index is 0. The summed E-state index contributed by atoms with van der Waals surface area (Å²) in [6, 6.07) is 5.43. The average molecular weight is 465 g/mol. The molecule has 24 heavy (non-hydrogen) atoms. The highest BCUT2D eigenvalue weighted by molar-refractivity contribution is 14.0. The lowest BCUT2D eigenvalue weighted by Crippen LogP contribution is -2.48. The first-order valence-electron chi connectivity index (χ1n) is 8.18. The van der Waals surface area contributed by atoms with Crippen LogP contribution in [0.15, 0.2) is 23.2 Å². The lowest BCUT2D eigenvalue weighted by atomic mass is 10.2. The van der Waals surface area contributed by atoms with Crippen LogP contribution < -0.4 is 10.1 Å². The number of nitrogens with one attached hydrogen (secondary N) is 1. The van der Waals surface area contributed by atoms with Crippen molar-refractivity contribution in [1.29, 1.82) is 0 Å². The Morgan fingerprint density at radius 2 is 2.25 bits per heavy atom. The van der Waals surface area contributed by atoms with E-state index < -0.39 is 0 Å². The Balaban J connectivity index is 0.00000288. The van der Waals surface area contributed by atoms with Crippen LogP contribution in [0.4, 0.5) is 0 Å². The minimum Gasteiger partial charge on any atom is -0.504 e. The van der Waals surface area contributed by atoms with E-state index in [9.17, 15) is 5.11 Å². The van der Waals surface area contributed by atoms with E-state index in [1.54, 1.807) is 19.2 Å². The van der Waals surface area contributed by atoms with Gasteiger partial charge in [0.25, 0.3) is 0 Å². The molecule has 5 nitrogen and oxygen atoms in total. The quantitative estimate of drug-likeness (QED) is 0.397. The normalized spacial score (nSPS) is 18.0. The molecule has 1 fully saturated rings. The van der Waals surface area contributed by atoms with Gasteiger partial charge in [-0.1, -0.05) is 13.0 Å². The molecule has 7 heteroatoms. The predicted octanol–water partition coefficient (Wildman–Crippen LogP) is 3.31. The molecule has 1 aromatic rings. The fourth-order valence-electron chi connectivity index (χ4n) is 2.58. The van der Waals surface area contributed by atoms with Gasteiger partial charge in [0.2, 0.25) is 0 Å². The van der Waals surface area contributed by atoms with Crippen LogP contribution in [0.3, 0.4) is 0 Å². The second-order valence-electron chi connectivity index (χ2n) is 5.52. The number of halogens is 1. The molecule has 1 aliphatic rings. The Bertz CT molecular complexity index is 543. The van der Waals surface area contributed by atoms with Crippen molar-refractivity contribution in [3.63, 3.8) is 0 Å². The summed E-state index contributed by atoms with van der Waals surface area (Å²) < 4.78 is 5.07. The molecular formula is C17H28IN3O2S. The molecule has 2 rings (SSSR count). The second kappa shape index (κ2) is 10.9. The first-order chi connectivity index (χ1) is 11.2. The summed E-state index contributed by atoms with van der Waals surface area (Å²) >= 11 is 2.05. The summed E-state index contributed by atoms with van der Waals surface area (Å²) in [6.07, 6.45) is 1.19. The van der Waals surface area contributed by atoms with E-state index in [2.05, 4.69) is 35.8 Å². The van der Waals surface area contributed by atoms with Gasteiger partial charge in [-0.3, -0.25) is 0 Å². The Morgan fingerprint density at radius 3 is 2.88 bits per heavy atom. The molecule has 1 unspecified atom stereocenters. The molecule has 136 valence electrons. The zero-order valence-corrected chi connectivity index (χ0v) is 17.8. The number of aromatic hydroxyl groups is 1. The number of phenolic OH excluding ortho intramolecular Hbond substituents is 1. The number of methoxy groups -OCH3 is 1. The third-order valence-corrected chi connectivity index (χ3v) is 5.26. The molecule has 1 saturated heterocycles. The monoisotopic (exact) mass is 465 g/mol. The van der Waals surface area contributed by atoms with E-state index in [0.29, 0.717) is 17.5 Å². The van der Waals surface area contributed by atoms with Crippen molar-refractivity contribution >= 4 is 41.7 Å². The molecular weight excluding hydrogens is 437 g/mol. The predicted molar refractivity (Wildman–Crippen MR) is 113 cm³/mol. The van der Waals surface area contributed by atoms with Gasteiger partial charge in [-0.15, -0.1) is 24.0 Å². The van der Waals surface area contributed by atoms with Crippen molar-refractivity contribution in [1.82, 2.24) is 10.2 Å². The van der Waals surface area contributed by atoms with Gasteiger partial charge < -0.3 is 20.1 Å². The van der Waals surface area contributed by atoms with Gasteiger partial charge >= 0.3 is 0 Å². The van der Waals surface area contributed by atoms with Crippen molar-refractivity contribution in [3.8, 4) is 11.5 Å². The SMILES string of the molecule is CCNC(=NCc1ccc(OC)c(O)c1)N1CCSC(CC)C1.I. The second-order valence-corrected chi connectivity index (χ2v) is 6.93. The molecule has 0 aromatic heterocycles. The van der Waals surface area contributed by atoms with Crippen LogP contribution in [0.25, 0.3) is 0 Å². The lowest BCUT2D eigenvalue weighted by Gasteiger charge is -2.34. The lowest BCUT2D eigenvalue weighted by molar-refractivity contribution is 0.373. The van der Waals surface area contributed by atoms with Crippen LogP contribution in [-0.2, 0) is 6.54 Å². The summed E-state index contributed by atoms with van der Waals surface area (Å²) in [5, 5.41) is 13.9. The van der Waals surface area contributed by atoms with Crippen molar-refractivity contribution in [2.75, 3.05) is 32.5 Å². The van der Waals surface area contributed by atoms with Crippen LogP contribution in [0, 0.1) is 0 Å². The van der Waals surface area contributed by atoms with E-state index >= 15 is 0 Å². The van der Waals surface area contributed by atoms with Gasteiger partial charge in [-0.05, 0) is 31.0 Å². The van der Waals surface area contributed by atoms with E-state index in [0.717, 1.165) is 36.9 Å². The molecule has 1 atom stereocenters. The van der Waals surface area contributed by atoms with E-state index in [1.165, 1.54) is 6.42 Å². The summed E-state index contributed by atoms with van der Waals surface area (Å²) in [5.74, 6) is 2.75. The largest absolute Gasteiger partial charge is 0.504 e. The molecule has 0 aliphatic carbocycles. The summed E-state index contributed by atoms with van der Waals surface area (Å²) in [6.45, 7) is 7.80. The van der Waals surface area contributed by atoms with E-state index in [4.69, 9.17) is 9.73 Å². The van der Waals surface area contributed by atoms with Crippen LogP contribution in [-0.4, -0.2) is 53.7 Å². The summed E-state index contributed by atoms with van der Waals surface area (Å²) in [4.78, 5) is 7.09. The number of ether oxygens (including phenoxy) is 1. The third kappa shape index (κ3) is 5.91. The molecule has 0 bridgehead atoms. The number of aliphatic imine (C=N–C) groups is 1. The zero-order chi connectivity index (χ0) is 16.7. The highest BCUT2D eigenvalue weighted by Crippen LogP contribution is 2.26. The Hall–Kier alpha value is -0.830. The van der Waals surface area contributed by atoms with Gasteiger partial charge in [-0.2, -0.15) is 11.8 Å². The third-order valence-electron chi connectivity index (χ3n) is 3.88. The number of phenols is 1. The first-order valence-corrected chi connectivity index (χ1v) is 9.23. The highest BCUT2D eigenvalue weighted by Gasteiger charge is 2.21. The maximum Gasteiger partial charge on any atom is 0.194 e. The Morgan fingerprint density at radius 1 is 1.46 bits per heavy atom. The minimum atomic E-state index is 0. The van der Waals surface area contributed by atoms with E-state index in [1.807, 2.05) is 6.07 Å². The molecule has 1 heterocycles. The van der Waals surface area contributed by atoms with Crippen molar-refractivity contribution in [2.24, 2.45) is 4.99 Å². The molecule has 0 radical (unpaired) electrons. The number of hydrogen-bond acceptors (Lipinski definition) is 4. The Kier molecular flexibility index (Phi) is 9.65. The number of nitrogens with zero attached hydrogens (tertiary/aromatic N) is 2. The van der Waals surface area contributed by atoms with Gasteiger partial charge in [0.1, 0.15) is 0 Å². The molecule has 2 N–H and O–H groups in total. The van der Waals surface area contributed by atoms with Crippen molar-refractivity contribution in [3.05, 3.63) is 23.8 Å². The average Bonchev–Trinajstić information content (AvgIpc) is 2.58. The van der Waals surface area contributed by atoms with Gasteiger partial charge in [-0.25, -0.2) is 4.99 Å². The smallest absolute Gasteiger partial charge is 0.194 e. The number of thioether (sulfide) groups is 1. The summed E-state index contributed by atoms with van der Waals surface area (Å²) in [7, 11) is 1.55. The molecule has 1 aromatic carbocycles. The van der Waals surface area contributed by atoms with Gasteiger partial charge in [0, 0.05) is 30.6 Å². The fourth-order valence-corrected chi connectivity index (χ4v) is 3.76. The topological polar surface area (TPSA) is 57.1 Å². The maximum absolute atomic E-state index is 9.87. The van der Waals surface area contributed by atoms with Crippen LogP contribution >= 0.6 is 35.7 Å². The first kappa shape index (κ1) is 21.2. The Labute approximate surface area is 166 Å².